The summed E-state index contributed by atoms with van der Waals surface area (Å²) in [4.78, 5) is 11.0. The van der Waals surface area contributed by atoms with Crippen molar-refractivity contribution in [3.63, 3.8) is 0 Å². The average molecular weight is 223 g/mol. The number of carbonyl (C=O) groups excluding carboxylic acids is 1. The van der Waals surface area contributed by atoms with Crippen LogP contribution in [-0.4, -0.2) is 24.7 Å². The quantitative estimate of drug-likeness (QED) is 0.790. The molecular formula is C12H17NO3. The molecule has 16 heavy (non-hydrogen) atoms. The monoisotopic (exact) mass is 223 g/mol. The van der Waals surface area contributed by atoms with Crippen LogP contribution in [-0.2, 0) is 4.79 Å². The van der Waals surface area contributed by atoms with Gasteiger partial charge >= 0.3 is 0 Å². The van der Waals surface area contributed by atoms with Crippen molar-refractivity contribution >= 4 is 5.91 Å². The number of nitrogens with one attached hydrogen (secondary N) is 1. The van der Waals surface area contributed by atoms with Crippen molar-refractivity contribution in [2.75, 3.05) is 13.7 Å². The molecule has 4 nitrogen and oxygen atoms in total. The van der Waals surface area contributed by atoms with Crippen LogP contribution in [0.1, 0.15) is 25.0 Å². The second kappa shape index (κ2) is 6.12. The van der Waals surface area contributed by atoms with Crippen molar-refractivity contribution in [3.05, 3.63) is 29.8 Å². The van der Waals surface area contributed by atoms with Gasteiger partial charge in [0.15, 0.2) is 0 Å². The highest BCUT2D eigenvalue weighted by molar-refractivity contribution is 5.75. The molecule has 1 unspecified atom stereocenters. The number of amides is 1. The molecule has 2 N–H and O–H groups in total. The molecule has 0 bridgehead atoms. The van der Waals surface area contributed by atoms with Gasteiger partial charge in [0.25, 0.3) is 0 Å². The number of ether oxygens (including phenoxy) is 1. The van der Waals surface area contributed by atoms with E-state index in [9.17, 15) is 9.90 Å². The summed E-state index contributed by atoms with van der Waals surface area (Å²) in [5.74, 6) is 0.625. The summed E-state index contributed by atoms with van der Waals surface area (Å²) in [5, 5.41) is 12.5. The lowest BCUT2D eigenvalue weighted by Crippen LogP contribution is -2.27. The van der Waals surface area contributed by atoms with Gasteiger partial charge in [0.2, 0.25) is 5.91 Å². The third-order valence-electron chi connectivity index (χ3n) is 2.29. The number of hydrogen-bond acceptors (Lipinski definition) is 3. The molecule has 0 aliphatic carbocycles. The van der Waals surface area contributed by atoms with E-state index in [2.05, 4.69) is 5.32 Å². The van der Waals surface area contributed by atoms with Gasteiger partial charge in [-0.25, -0.2) is 0 Å². The van der Waals surface area contributed by atoms with E-state index in [1.807, 2.05) is 0 Å². The van der Waals surface area contributed by atoms with Crippen LogP contribution < -0.4 is 10.1 Å². The number of methoxy groups -OCH3 is 1. The molecule has 4 heteroatoms. The van der Waals surface area contributed by atoms with Gasteiger partial charge in [0.1, 0.15) is 5.75 Å². The summed E-state index contributed by atoms with van der Waals surface area (Å²) >= 11 is 0. The van der Waals surface area contributed by atoms with Gasteiger partial charge in [-0.1, -0.05) is 19.1 Å². The Hall–Kier alpha value is -1.55. The van der Waals surface area contributed by atoms with Crippen molar-refractivity contribution in [3.8, 4) is 5.75 Å². The first kappa shape index (κ1) is 12.5. The van der Waals surface area contributed by atoms with Gasteiger partial charge in [-0.15, -0.1) is 0 Å². The molecule has 1 aromatic rings. The third-order valence-corrected chi connectivity index (χ3v) is 2.29. The van der Waals surface area contributed by atoms with Crippen LogP contribution in [0.2, 0.25) is 0 Å². The van der Waals surface area contributed by atoms with Crippen molar-refractivity contribution in [1.82, 2.24) is 5.32 Å². The maximum atomic E-state index is 11.0. The Morgan fingerprint density at radius 1 is 1.56 bits per heavy atom. The van der Waals surface area contributed by atoms with E-state index in [1.165, 1.54) is 0 Å². The molecule has 0 aromatic heterocycles. The van der Waals surface area contributed by atoms with Gasteiger partial charge in [0, 0.05) is 13.0 Å². The molecule has 1 atom stereocenters. The molecule has 0 saturated carbocycles. The molecule has 0 saturated heterocycles. The fraction of sp³-hybridized carbons (Fsp3) is 0.417. The van der Waals surface area contributed by atoms with Crippen LogP contribution in [0.4, 0.5) is 0 Å². The van der Waals surface area contributed by atoms with E-state index in [0.717, 1.165) is 5.56 Å². The first-order valence-electron chi connectivity index (χ1n) is 5.26. The molecule has 1 rings (SSSR count). The summed E-state index contributed by atoms with van der Waals surface area (Å²) in [6.07, 6.45) is -0.282. The zero-order chi connectivity index (χ0) is 12.0. The first-order chi connectivity index (χ1) is 7.67. The van der Waals surface area contributed by atoms with Crippen molar-refractivity contribution in [1.29, 1.82) is 0 Å². The number of benzene rings is 1. The highest BCUT2D eigenvalue weighted by Gasteiger charge is 2.09. The number of aliphatic hydroxyl groups excluding tert-OH is 1. The molecule has 0 aliphatic rings. The van der Waals surface area contributed by atoms with Crippen molar-refractivity contribution < 1.29 is 14.6 Å². The normalized spacial score (nSPS) is 11.9. The fourth-order valence-electron chi connectivity index (χ4n) is 1.30. The van der Waals surface area contributed by atoms with Crippen LogP contribution >= 0.6 is 0 Å². The lowest BCUT2D eigenvalue weighted by molar-refractivity contribution is -0.121. The van der Waals surface area contributed by atoms with Gasteiger partial charge in [-0.05, 0) is 17.7 Å². The average Bonchev–Trinajstić information content (AvgIpc) is 2.35. The van der Waals surface area contributed by atoms with E-state index >= 15 is 0 Å². The van der Waals surface area contributed by atoms with Gasteiger partial charge < -0.3 is 15.2 Å². The van der Waals surface area contributed by atoms with E-state index in [0.29, 0.717) is 12.2 Å². The lowest BCUT2D eigenvalue weighted by atomic mass is 10.1. The Bertz CT molecular complexity index is 352. The minimum absolute atomic E-state index is 0.0676. The predicted molar refractivity (Wildman–Crippen MR) is 61.3 cm³/mol. The molecule has 1 amide bonds. The second-order valence-corrected chi connectivity index (χ2v) is 3.45. The molecular weight excluding hydrogens is 206 g/mol. The molecule has 0 fully saturated rings. The van der Waals surface area contributed by atoms with Crippen LogP contribution in [0.5, 0.6) is 5.75 Å². The van der Waals surface area contributed by atoms with E-state index in [1.54, 1.807) is 38.3 Å². The summed E-state index contributed by atoms with van der Waals surface area (Å²) in [6.45, 7) is 1.99. The van der Waals surface area contributed by atoms with Crippen LogP contribution in [0.3, 0.4) is 0 Å². The Morgan fingerprint density at radius 2 is 2.31 bits per heavy atom. The standard InChI is InChI=1S/C12H17NO3/c1-3-12(15)13-8-11(14)9-5-4-6-10(7-9)16-2/h4-7,11,14H,3,8H2,1-2H3,(H,13,15). The lowest BCUT2D eigenvalue weighted by Gasteiger charge is -2.12. The van der Waals surface area contributed by atoms with Gasteiger partial charge in [-0.2, -0.15) is 0 Å². The zero-order valence-electron chi connectivity index (χ0n) is 9.56. The number of rotatable bonds is 5. The highest BCUT2D eigenvalue weighted by Crippen LogP contribution is 2.18. The smallest absolute Gasteiger partial charge is 0.219 e. The summed E-state index contributed by atoms with van der Waals surface area (Å²) in [5.41, 5.74) is 0.732. The minimum Gasteiger partial charge on any atom is -0.497 e. The Kier molecular flexibility index (Phi) is 4.79. The summed E-state index contributed by atoms with van der Waals surface area (Å²) in [6, 6.07) is 7.16. The minimum atomic E-state index is -0.703. The number of aliphatic hydroxyl groups is 1. The third kappa shape index (κ3) is 3.55. The predicted octanol–water partition coefficient (Wildman–Crippen LogP) is 1.25. The summed E-state index contributed by atoms with van der Waals surface area (Å²) < 4.78 is 5.05. The molecule has 88 valence electrons. The van der Waals surface area contributed by atoms with E-state index < -0.39 is 6.10 Å². The molecule has 1 aromatic carbocycles. The number of hydrogen-bond donors (Lipinski definition) is 2. The van der Waals surface area contributed by atoms with Gasteiger partial charge in [0.05, 0.1) is 13.2 Å². The van der Waals surface area contributed by atoms with Crippen LogP contribution in [0.15, 0.2) is 24.3 Å². The van der Waals surface area contributed by atoms with E-state index in [-0.39, 0.29) is 12.5 Å². The second-order valence-electron chi connectivity index (χ2n) is 3.45. The molecule has 0 aliphatic heterocycles. The maximum Gasteiger partial charge on any atom is 0.219 e. The van der Waals surface area contributed by atoms with Crippen molar-refractivity contribution in [2.24, 2.45) is 0 Å². The van der Waals surface area contributed by atoms with Gasteiger partial charge in [-0.3, -0.25) is 4.79 Å². The molecule has 0 heterocycles. The van der Waals surface area contributed by atoms with Crippen LogP contribution in [0.25, 0.3) is 0 Å². The topological polar surface area (TPSA) is 58.6 Å². The molecule has 0 radical (unpaired) electrons. The summed E-state index contributed by atoms with van der Waals surface area (Å²) in [7, 11) is 1.57. The zero-order valence-corrected chi connectivity index (χ0v) is 9.56. The highest BCUT2D eigenvalue weighted by atomic mass is 16.5. The molecule has 0 spiro atoms. The Labute approximate surface area is 95.2 Å². The SMILES string of the molecule is CCC(=O)NCC(O)c1cccc(OC)c1. The largest absolute Gasteiger partial charge is 0.497 e. The maximum absolute atomic E-state index is 11.0. The fourth-order valence-corrected chi connectivity index (χ4v) is 1.30. The van der Waals surface area contributed by atoms with Crippen LogP contribution in [0, 0.1) is 0 Å². The van der Waals surface area contributed by atoms with Crippen molar-refractivity contribution in [2.45, 2.75) is 19.4 Å². The Morgan fingerprint density at radius 3 is 2.94 bits per heavy atom. The van der Waals surface area contributed by atoms with E-state index in [4.69, 9.17) is 4.74 Å². The first-order valence-corrected chi connectivity index (χ1v) is 5.26. The Balaban J connectivity index is 2.58. The number of carbonyl (C=O) groups is 1.